The minimum atomic E-state index is -3.45. The number of aromatic nitrogens is 2. The molecule has 0 bridgehead atoms. The summed E-state index contributed by atoms with van der Waals surface area (Å²) in [6.45, 7) is 4.14. The summed E-state index contributed by atoms with van der Waals surface area (Å²) in [5.41, 5.74) is 0. The number of rotatable bonds is 5. The molecule has 1 saturated heterocycles. The number of nitrogens with zero attached hydrogens (tertiary/aromatic N) is 3. The molecule has 1 aliphatic rings. The van der Waals surface area contributed by atoms with Gasteiger partial charge in [0.25, 0.3) is 10.0 Å². The van der Waals surface area contributed by atoms with Gasteiger partial charge in [0.15, 0.2) is 5.03 Å². The van der Waals surface area contributed by atoms with E-state index in [1.165, 1.54) is 4.31 Å². The summed E-state index contributed by atoms with van der Waals surface area (Å²) in [5.74, 6) is 0. The van der Waals surface area contributed by atoms with E-state index in [9.17, 15) is 8.42 Å². The lowest BCUT2D eigenvalue weighted by atomic mass is 10.2. The zero-order valence-corrected chi connectivity index (χ0v) is 11.7. The first-order valence-electron chi connectivity index (χ1n) is 6.25. The lowest BCUT2D eigenvalue weighted by molar-refractivity contribution is 0.416. The van der Waals surface area contributed by atoms with Crippen LogP contribution < -0.4 is 5.32 Å². The van der Waals surface area contributed by atoms with Crippen LogP contribution in [0.3, 0.4) is 0 Å². The third-order valence-electron chi connectivity index (χ3n) is 3.29. The molecule has 1 aromatic rings. The largest absolute Gasteiger partial charge is 0.336 e. The van der Waals surface area contributed by atoms with Gasteiger partial charge in [-0.2, -0.15) is 4.31 Å². The highest BCUT2D eigenvalue weighted by Gasteiger charge is 2.26. The van der Waals surface area contributed by atoms with E-state index in [0.29, 0.717) is 6.54 Å². The first kappa shape index (κ1) is 13.5. The van der Waals surface area contributed by atoms with Crippen LogP contribution in [-0.4, -0.2) is 48.5 Å². The molecule has 7 heteroatoms. The lowest BCUT2D eigenvalue weighted by Crippen LogP contribution is -2.38. The molecule has 0 saturated carbocycles. The number of sulfonamides is 1. The summed E-state index contributed by atoms with van der Waals surface area (Å²) >= 11 is 0. The number of aryl methyl sites for hydroxylation is 1. The van der Waals surface area contributed by atoms with Gasteiger partial charge in [0.1, 0.15) is 0 Å². The molecule has 18 heavy (non-hydrogen) atoms. The lowest BCUT2D eigenvalue weighted by Gasteiger charge is -2.19. The Balaban J connectivity index is 2.09. The molecule has 1 fully saturated rings. The highest BCUT2D eigenvalue weighted by molar-refractivity contribution is 7.89. The minimum absolute atomic E-state index is 0.129. The average molecular weight is 272 g/mol. The van der Waals surface area contributed by atoms with Crippen molar-refractivity contribution in [3.05, 3.63) is 12.5 Å². The van der Waals surface area contributed by atoms with Crippen LogP contribution in [0.4, 0.5) is 0 Å². The van der Waals surface area contributed by atoms with Crippen LogP contribution in [0, 0.1) is 0 Å². The number of likely N-dealkylation sites (N-methyl/N-ethyl adjacent to an activating group) is 1. The third kappa shape index (κ3) is 2.73. The Morgan fingerprint density at radius 1 is 1.61 bits per heavy atom. The Morgan fingerprint density at radius 3 is 2.94 bits per heavy atom. The van der Waals surface area contributed by atoms with Gasteiger partial charge in [0.05, 0.1) is 6.33 Å². The maximum absolute atomic E-state index is 12.3. The van der Waals surface area contributed by atoms with Crippen LogP contribution >= 0.6 is 0 Å². The summed E-state index contributed by atoms with van der Waals surface area (Å²) < 4.78 is 27.7. The molecule has 1 unspecified atom stereocenters. The van der Waals surface area contributed by atoms with E-state index < -0.39 is 10.0 Å². The fourth-order valence-electron chi connectivity index (χ4n) is 2.13. The van der Waals surface area contributed by atoms with E-state index in [2.05, 4.69) is 10.3 Å². The second-order valence-electron chi connectivity index (χ2n) is 4.62. The Hall–Kier alpha value is -0.920. The minimum Gasteiger partial charge on any atom is -0.336 e. The van der Waals surface area contributed by atoms with Crippen molar-refractivity contribution in [3.8, 4) is 0 Å². The van der Waals surface area contributed by atoms with Gasteiger partial charge < -0.3 is 9.88 Å². The van der Waals surface area contributed by atoms with Gasteiger partial charge in [-0.05, 0) is 26.3 Å². The third-order valence-corrected chi connectivity index (χ3v) is 5.00. The van der Waals surface area contributed by atoms with Gasteiger partial charge in [-0.1, -0.05) is 0 Å². The Labute approximate surface area is 108 Å². The molecule has 0 amide bonds. The van der Waals surface area contributed by atoms with E-state index in [1.807, 2.05) is 6.92 Å². The van der Waals surface area contributed by atoms with Crippen LogP contribution in [0.5, 0.6) is 0 Å². The van der Waals surface area contributed by atoms with Gasteiger partial charge in [0, 0.05) is 32.4 Å². The molecule has 0 aromatic carbocycles. The van der Waals surface area contributed by atoms with Crippen molar-refractivity contribution in [2.75, 3.05) is 20.1 Å². The number of imidazole rings is 1. The predicted molar refractivity (Wildman–Crippen MR) is 68.7 cm³/mol. The van der Waals surface area contributed by atoms with Crippen LogP contribution in [0.2, 0.25) is 0 Å². The SMILES string of the molecule is CCn1cnc(S(=O)(=O)N(C)CC2CCCN2)c1. The Morgan fingerprint density at radius 2 is 2.39 bits per heavy atom. The first-order chi connectivity index (χ1) is 8.54. The van der Waals surface area contributed by atoms with Crippen molar-refractivity contribution in [3.63, 3.8) is 0 Å². The molecule has 0 spiro atoms. The molecule has 2 heterocycles. The van der Waals surface area contributed by atoms with E-state index in [-0.39, 0.29) is 11.1 Å². The normalized spacial score (nSPS) is 20.7. The molecule has 0 radical (unpaired) electrons. The van der Waals surface area contributed by atoms with Crippen LogP contribution in [0.15, 0.2) is 17.6 Å². The van der Waals surface area contributed by atoms with Crippen molar-refractivity contribution in [1.82, 2.24) is 19.2 Å². The maximum Gasteiger partial charge on any atom is 0.261 e. The molecule has 6 nitrogen and oxygen atoms in total. The monoisotopic (exact) mass is 272 g/mol. The van der Waals surface area contributed by atoms with E-state index in [4.69, 9.17) is 0 Å². The van der Waals surface area contributed by atoms with E-state index in [0.717, 1.165) is 25.9 Å². The molecule has 0 aliphatic carbocycles. The van der Waals surface area contributed by atoms with Crippen LogP contribution in [0.1, 0.15) is 19.8 Å². The van der Waals surface area contributed by atoms with Crippen LogP contribution in [-0.2, 0) is 16.6 Å². The molecular formula is C11H20N4O2S. The number of hydrogen-bond donors (Lipinski definition) is 1. The molecular weight excluding hydrogens is 252 g/mol. The van der Waals surface area contributed by atoms with Gasteiger partial charge in [-0.25, -0.2) is 13.4 Å². The fourth-order valence-corrected chi connectivity index (χ4v) is 3.27. The topological polar surface area (TPSA) is 67.2 Å². The summed E-state index contributed by atoms with van der Waals surface area (Å²) in [7, 11) is -1.84. The van der Waals surface area contributed by atoms with Crippen molar-refractivity contribution >= 4 is 10.0 Å². The van der Waals surface area contributed by atoms with E-state index >= 15 is 0 Å². The molecule has 1 aromatic heterocycles. The van der Waals surface area contributed by atoms with Crippen molar-refractivity contribution in [1.29, 1.82) is 0 Å². The van der Waals surface area contributed by atoms with Crippen molar-refractivity contribution in [2.45, 2.75) is 37.4 Å². The highest BCUT2D eigenvalue weighted by Crippen LogP contribution is 2.14. The standard InChI is InChI=1S/C11H20N4O2S/c1-3-15-8-11(13-9-15)18(16,17)14(2)7-10-5-4-6-12-10/h8-10,12H,3-7H2,1-2H3. The summed E-state index contributed by atoms with van der Waals surface area (Å²) in [4.78, 5) is 3.97. The van der Waals surface area contributed by atoms with Gasteiger partial charge in [-0.15, -0.1) is 0 Å². The van der Waals surface area contributed by atoms with Gasteiger partial charge in [-0.3, -0.25) is 0 Å². The zero-order chi connectivity index (χ0) is 13.2. The molecule has 2 rings (SSSR count). The first-order valence-corrected chi connectivity index (χ1v) is 7.69. The van der Waals surface area contributed by atoms with Crippen LogP contribution in [0.25, 0.3) is 0 Å². The Kier molecular flexibility index (Phi) is 4.04. The second-order valence-corrected chi connectivity index (χ2v) is 6.61. The smallest absolute Gasteiger partial charge is 0.261 e. The molecule has 1 atom stereocenters. The van der Waals surface area contributed by atoms with Crippen molar-refractivity contribution in [2.24, 2.45) is 0 Å². The number of nitrogens with one attached hydrogen (secondary N) is 1. The van der Waals surface area contributed by atoms with Crippen molar-refractivity contribution < 1.29 is 8.42 Å². The molecule has 1 aliphatic heterocycles. The second kappa shape index (κ2) is 5.38. The fraction of sp³-hybridized carbons (Fsp3) is 0.727. The summed E-state index contributed by atoms with van der Waals surface area (Å²) in [6.07, 6.45) is 5.27. The molecule has 102 valence electrons. The predicted octanol–water partition coefficient (Wildman–Crippen LogP) is 0.275. The van der Waals surface area contributed by atoms with E-state index in [1.54, 1.807) is 24.1 Å². The summed E-state index contributed by atoms with van der Waals surface area (Å²) in [5, 5.41) is 3.43. The van der Waals surface area contributed by atoms with Gasteiger partial charge in [0.2, 0.25) is 0 Å². The Bertz CT molecular complexity index is 491. The quantitative estimate of drug-likeness (QED) is 0.836. The zero-order valence-electron chi connectivity index (χ0n) is 10.8. The average Bonchev–Trinajstić information content (AvgIpc) is 2.99. The van der Waals surface area contributed by atoms with Gasteiger partial charge >= 0.3 is 0 Å². The maximum atomic E-state index is 12.3. The molecule has 1 N–H and O–H groups in total. The highest BCUT2D eigenvalue weighted by atomic mass is 32.2. The summed E-state index contributed by atoms with van der Waals surface area (Å²) in [6, 6.07) is 0.262. The number of hydrogen-bond acceptors (Lipinski definition) is 4.